The number of nitrogens with zero attached hydrogens (tertiary/aromatic N) is 1. The van der Waals surface area contributed by atoms with Gasteiger partial charge in [0.25, 0.3) is 0 Å². The lowest BCUT2D eigenvalue weighted by molar-refractivity contribution is -0.142. The number of hydrogen-bond acceptors (Lipinski definition) is 5. The van der Waals surface area contributed by atoms with E-state index in [-0.39, 0.29) is 17.7 Å². The molecule has 3 atom stereocenters. The first-order valence-electron chi connectivity index (χ1n) is 13.3. The third-order valence-corrected chi connectivity index (χ3v) is 7.83. The molecule has 4 amide bonds. The summed E-state index contributed by atoms with van der Waals surface area (Å²) in [7, 11) is -1.68. The normalized spacial score (nSPS) is 22.3. The van der Waals surface area contributed by atoms with Crippen molar-refractivity contribution in [3.63, 3.8) is 0 Å². The Bertz CT molecular complexity index is 894. The number of urea groups is 1. The van der Waals surface area contributed by atoms with Gasteiger partial charge in [0.2, 0.25) is 11.8 Å². The number of amides is 4. The first kappa shape index (κ1) is 28.0. The Morgan fingerprint density at radius 3 is 2.39 bits per heavy atom. The molecule has 3 rings (SSSR count). The molecule has 10 heteroatoms. The molecule has 1 aromatic carbocycles. The number of hydrogen-bond donors (Lipinski definition) is 5. The lowest BCUT2D eigenvalue weighted by Gasteiger charge is -2.36. The van der Waals surface area contributed by atoms with E-state index in [1.54, 1.807) is 24.0 Å². The van der Waals surface area contributed by atoms with Crippen LogP contribution in [-0.4, -0.2) is 64.0 Å². The molecule has 0 aromatic heterocycles. The van der Waals surface area contributed by atoms with E-state index in [4.69, 9.17) is 0 Å². The molecule has 1 aliphatic carbocycles. The van der Waals surface area contributed by atoms with Crippen LogP contribution in [0.4, 0.5) is 10.5 Å². The highest BCUT2D eigenvalue weighted by Gasteiger charge is 2.53. The predicted octanol–water partition coefficient (Wildman–Crippen LogP) is 2.68. The third kappa shape index (κ3) is 6.59. The van der Waals surface area contributed by atoms with E-state index >= 15 is 0 Å². The molecule has 198 valence electrons. The first-order valence-corrected chi connectivity index (χ1v) is 13.3. The van der Waals surface area contributed by atoms with Gasteiger partial charge >= 0.3 is 13.1 Å². The van der Waals surface area contributed by atoms with Crippen molar-refractivity contribution in [2.24, 2.45) is 11.8 Å². The van der Waals surface area contributed by atoms with E-state index in [1.807, 2.05) is 32.0 Å². The topological polar surface area (TPSA) is 131 Å². The zero-order valence-electron chi connectivity index (χ0n) is 21.7. The van der Waals surface area contributed by atoms with Gasteiger partial charge in [0.15, 0.2) is 0 Å². The standard InChI is InChI=1S/C26H41BN4O5/c1-4-22(27(35)36)29-23(32)21(17-19-11-7-5-8-12-19)31-16-15-26(18(2)3,24(31)33)30-25(34)28-20-13-9-6-10-14-20/h6,9-10,13-14,18-19,21-22,35-36H,4-5,7-8,11-12,15-17H2,1-3H3,(H,29,32)(H2,28,30,34)/t21-,22-,26?/m0/s1. The van der Waals surface area contributed by atoms with Crippen LogP contribution in [0.25, 0.3) is 0 Å². The van der Waals surface area contributed by atoms with Crippen LogP contribution >= 0.6 is 0 Å². The van der Waals surface area contributed by atoms with Crippen molar-refractivity contribution in [3.05, 3.63) is 30.3 Å². The maximum absolute atomic E-state index is 13.9. The molecular weight excluding hydrogens is 459 g/mol. The molecule has 1 unspecified atom stereocenters. The lowest BCUT2D eigenvalue weighted by atomic mass is 9.77. The molecule has 5 N–H and O–H groups in total. The number of para-hydroxylation sites is 1. The fraction of sp³-hybridized carbons (Fsp3) is 0.654. The molecule has 1 saturated carbocycles. The van der Waals surface area contributed by atoms with Gasteiger partial charge in [-0.05, 0) is 43.2 Å². The largest absolute Gasteiger partial charge is 0.475 e. The zero-order chi connectivity index (χ0) is 26.3. The van der Waals surface area contributed by atoms with Gasteiger partial charge in [-0.2, -0.15) is 0 Å². The molecule has 9 nitrogen and oxygen atoms in total. The van der Waals surface area contributed by atoms with Crippen LogP contribution in [0.2, 0.25) is 0 Å². The number of carbonyl (C=O) groups is 3. The summed E-state index contributed by atoms with van der Waals surface area (Å²) >= 11 is 0. The Balaban J connectivity index is 1.81. The molecule has 0 radical (unpaired) electrons. The van der Waals surface area contributed by atoms with E-state index in [9.17, 15) is 24.4 Å². The average Bonchev–Trinajstić information content (AvgIpc) is 3.18. The van der Waals surface area contributed by atoms with Gasteiger partial charge in [0.05, 0.1) is 5.94 Å². The molecule has 1 aromatic rings. The third-order valence-electron chi connectivity index (χ3n) is 7.83. The molecule has 2 fully saturated rings. The summed E-state index contributed by atoms with van der Waals surface area (Å²) in [5.41, 5.74) is -0.510. The maximum atomic E-state index is 13.9. The van der Waals surface area contributed by atoms with Gasteiger partial charge in [0, 0.05) is 12.2 Å². The maximum Gasteiger partial charge on any atom is 0.475 e. The van der Waals surface area contributed by atoms with Crippen molar-refractivity contribution < 1.29 is 24.4 Å². The van der Waals surface area contributed by atoms with Gasteiger partial charge in [-0.1, -0.05) is 71.1 Å². The number of rotatable bonds is 10. The minimum atomic E-state index is -1.68. The van der Waals surface area contributed by atoms with Crippen molar-refractivity contribution in [2.45, 2.75) is 89.7 Å². The van der Waals surface area contributed by atoms with Crippen LogP contribution in [0.5, 0.6) is 0 Å². The lowest BCUT2D eigenvalue weighted by Crippen LogP contribution is -2.61. The summed E-state index contributed by atoms with van der Waals surface area (Å²) in [6.45, 7) is 5.90. The van der Waals surface area contributed by atoms with Crippen LogP contribution in [0.1, 0.15) is 72.1 Å². The summed E-state index contributed by atoms with van der Waals surface area (Å²) < 4.78 is 0. The number of likely N-dealkylation sites (tertiary alicyclic amines) is 1. The average molecular weight is 500 g/mol. The van der Waals surface area contributed by atoms with Crippen LogP contribution < -0.4 is 16.0 Å². The minimum absolute atomic E-state index is 0.197. The number of carbonyl (C=O) groups excluding carboxylic acids is 3. The quantitative estimate of drug-likeness (QED) is 0.316. The Kier molecular flexibility index (Phi) is 9.79. The summed E-state index contributed by atoms with van der Waals surface area (Å²) in [5, 5.41) is 27.8. The van der Waals surface area contributed by atoms with Crippen LogP contribution in [0, 0.1) is 11.8 Å². The van der Waals surface area contributed by atoms with Crippen LogP contribution in [0.15, 0.2) is 30.3 Å². The van der Waals surface area contributed by atoms with E-state index in [0.717, 1.165) is 25.7 Å². The van der Waals surface area contributed by atoms with Crippen molar-refractivity contribution >= 4 is 30.7 Å². The number of anilines is 1. The number of benzene rings is 1. The monoisotopic (exact) mass is 500 g/mol. The molecule has 1 heterocycles. The molecule has 36 heavy (non-hydrogen) atoms. The van der Waals surface area contributed by atoms with Gasteiger partial charge < -0.3 is 30.9 Å². The Morgan fingerprint density at radius 2 is 1.81 bits per heavy atom. The molecule has 0 spiro atoms. The van der Waals surface area contributed by atoms with Gasteiger partial charge in [-0.15, -0.1) is 0 Å². The first-order chi connectivity index (χ1) is 17.2. The smallest absolute Gasteiger partial charge is 0.426 e. The van der Waals surface area contributed by atoms with Gasteiger partial charge in [-0.3, -0.25) is 9.59 Å². The van der Waals surface area contributed by atoms with Gasteiger partial charge in [-0.25, -0.2) is 4.79 Å². The van der Waals surface area contributed by atoms with E-state index in [0.29, 0.717) is 37.4 Å². The fourth-order valence-electron chi connectivity index (χ4n) is 5.52. The SMILES string of the molecule is CC[C@H](NC(=O)[C@H](CC1CCCCC1)N1CCC(NC(=O)Nc2ccccc2)(C(C)C)C1=O)B(O)O. The Morgan fingerprint density at radius 1 is 1.14 bits per heavy atom. The second kappa shape index (κ2) is 12.6. The fourth-order valence-corrected chi connectivity index (χ4v) is 5.52. The van der Waals surface area contributed by atoms with Crippen molar-refractivity contribution in [1.82, 2.24) is 15.5 Å². The van der Waals surface area contributed by atoms with Crippen LogP contribution in [-0.2, 0) is 9.59 Å². The van der Waals surface area contributed by atoms with E-state index in [1.165, 1.54) is 6.42 Å². The van der Waals surface area contributed by atoms with Crippen molar-refractivity contribution in [3.8, 4) is 0 Å². The van der Waals surface area contributed by atoms with Crippen molar-refractivity contribution in [2.75, 3.05) is 11.9 Å². The molecule has 1 saturated heterocycles. The highest BCUT2D eigenvalue weighted by atomic mass is 16.4. The Labute approximate surface area is 214 Å². The summed E-state index contributed by atoms with van der Waals surface area (Å²) in [4.78, 5) is 41.9. The summed E-state index contributed by atoms with van der Waals surface area (Å²) in [6, 6.07) is 7.84. The summed E-state index contributed by atoms with van der Waals surface area (Å²) in [5.74, 6) is -1.33. The molecular formula is C26H41BN4O5. The van der Waals surface area contributed by atoms with Crippen molar-refractivity contribution in [1.29, 1.82) is 0 Å². The van der Waals surface area contributed by atoms with E-state index in [2.05, 4.69) is 16.0 Å². The highest BCUT2D eigenvalue weighted by molar-refractivity contribution is 6.43. The van der Waals surface area contributed by atoms with Crippen LogP contribution in [0.3, 0.4) is 0 Å². The van der Waals surface area contributed by atoms with E-state index < -0.39 is 30.7 Å². The Hall–Kier alpha value is -2.59. The second-order valence-electron chi connectivity index (χ2n) is 10.5. The zero-order valence-corrected chi connectivity index (χ0v) is 21.7. The highest BCUT2D eigenvalue weighted by Crippen LogP contribution is 2.35. The molecule has 0 bridgehead atoms. The van der Waals surface area contributed by atoms with Gasteiger partial charge in [0.1, 0.15) is 11.6 Å². The molecule has 2 aliphatic rings. The molecule has 1 aliphatic heterocycles. The minimum Gasteiger partial charge on any atom is -0.426 e. The predicted molar refractivity (Wildman–Crippen MR) is 140 cm³/mol. The summed E-state index contributed by atoms with van der Waals surface area (Å²) in [6.07, 6.45) is 6.69. The number of nitrogens with one attached hydrogen (secondary N) is 3. The second-order valence-corrected chi connectivity index (χ2v) is 10.5.